The molecule has 0 amide bonds. The van der Waals surface area contributed by atoms with E-state index >= 15 is 0 Å². The average molecular weight is 1150 g/mol. The van der Waals surface area contributed by atoms with Crippen LogP contribution in [0.3, 0.4) is 0 Å². The van der Waals surface area contributed by atoms with Gasteiger partial charge in [-0.3, -0.25) is 14.4 Å². The van der Waals surface area contributed by atoms with Crippen LogP contribution < -0.4 is 34.7 Å². The summed E-state index contributed by atoms with van der Waals surface area (Å²) in [5.74, 6) is -3.91. The number of aromatic nitrogens is 4. The van der Waals surface area contributed by atoms with Gasteiger partial charge in [-0.15, -0.1) is 0 Å². The Kier molecular flexibility index (Phi) is 22.2. The fourth-order valence-electron chi connectivity index (χ4n) is 5.27. The Bertz CT molecular complexity index is 2890. The van der Waals surface area contributed by atoms with Crippen molar-refractivity contribution in [2.45, 2.75) is 33.1 Å². The van der Waals surface area contributed by atoms with Crippen molar-refractivity contribution in [3.05, 3.63) is 131 Å². The number of rotatable bonds is 11. The van der Waals surface area contributed by atoms with E-state index in [1.54, 1.807) is 6.21 Å². The molecule has 65 heavy (non-hydrogen) atoms. The summed E-state index contributed by atoms with van der Waals surface area (Å²) in [4.78, 5) is 36.7. The topological polar surface area (TPSA) is 265 Å². The van der Waals surface area contributed by atoms with Crippen LogP contribution in [0.25, 0.3) is 0 Å². The SMILES string of the molecule is CS(=O)(=O)c1ccc(C(=O)O)c(Cl)c1CBr.CS(=O)(=O)c1ccc(C(=O)O)c(Cl)c1Cn1cc(Cl)cn1.CS(=O)(=O)c1ccc(C(=O)[O-])c(Cl)c1Cn1cc(Cl)cn1.ClC1=CCN=C1.[H+].[Na+]. The number of carbonyl (C=O) groups is 3. The largest absolute Gasteiger partial charge is 1.00 e. The van der Waals surface area contributed by atoms with Gasteiger partial charge in [0, 0.05) is 65.0 Å². The predicted octanol–water partition coefficient (Wildman–Crippen LogP) is 3.99. The van der Waals surface area contributed by atoms with Crippen molar-refractivity contribution in [1.29, 1.82) is 0 Å². The molecule has 0 atom stereocenters. The molecule has 1 aliphatic heterocycles. The number of aromatic carboxylic acids is 3. The van der Waals surface area contributed by atoms with Gasteiger partial charge < -0.3 is 20.1 Å². The molecule has 344 valence electrons. The maximum atomic E-state index is 11.8. The first-order valence-electron chi connectivity index (χ1n) is 17.1. The second-order valence-electron chi connectivity index (χ2n) is 12.9. The molecule has 6 rings (SSSR count). The summed E-state index contributed by atoms with van der Waals surface area (Å²) in [7, 11) is -10.6. The molecule has 28 heteroatoms. The number of hydrogen-bond acceptors (Lipinski definition) is 13. The number of carboxylic acids is 3. The minimum absolute atomic E-state index is 0. The zero-order valence-corrected chi connectivity index (χ0v) is 44.4. The molecule has 0 saturated heterocycles. The van der Waals surface area contributed by atoms with Crippen LogP contribution in [0.1, 0.15) is 49.2 Å². The van der Waals surface area contributed by atoms with Crippen LogP contribution in [-0.2, 0) is 47.9 Å². The Hall–Kier alpha value is -3.03. The third-order valence-electron chi connectivity index (χ3n) is 8.06. The monoisotopic (exact) mass is 1150 g/mol. The van der Waals surface area contributed by atoms with E-state index in [1.807, 2.05) is 6.08 Å². The number of carbonyl (C=O) groups excluding carboxylic acids is 1. The third-order valence-corrected chi connectivity index (χ3v) is 14.1. The summed E-state index contributed by atoms with van der Waals surface area (Å²) >= 11 is 37.9. The van der Waals surface area contributed by atoms with Gasteiger partial charge in [-0.1, -0.05) is 91.6 Å². The minimum Gasteiger partial charge on any atom is -0.545 e. The molecule has 3 aromatic carbocycles. The molecule has 0 aliphatic carbocycles. The molecule has 0 fully saturated rings. The molecule has 3 heterocycles. The van der Waals surface area contributed by atoms with E-state index < -0.39 is 47.4 Å². The van der Waals surface area contributed by atoms with Crippen molar-refractivity contribution < 1.29 is 85.9 Å². The maximum absolute atomic E-state index is 11.8. The van der Waals surface area contributed by atoms with Gasteiger partial charge >= 0.3 is 42.9 Å². The number of aliphatic imine (C=N–C) groups is 1. The van der Waals surface area contributed by atoms with E-state index in [4.69, 9.17) is 79.8 Å². The number of sulfone groups is 3. The number of halogens is 7. The van der Waals surface area contributed by atoms with Crippen molar-refractivity contribution in [2.24, 2.45) is 4.99 Å². The van der Waals surface area contributed by atoms with E-state index in [0.717, 1.165) is 36.4 Å². The van der Waals surface area contributed by atoms with Gasteiger partial charge in [0.1, 0.15) is 0 Å². The molecule has 0 radical (unpaired) electrons. The second-order valence-corrected chi connectivity index (χ2v) is 21.8. The Morgan fingerprint density at radius 1 is 0.662 bits per heavy atom. The van der Waals surface area contributed by atoms with Crippen molar-refractivity contribution >= 4 is 139 Å². The summed E-state index contributed by atoms with van der Waals surface area (Å²) in [6.07, 6.45) is 12.3. The number of allylic oxidation sites excluding steroid dienone is 1. The normalized spacial score (nSPS) is 12.0. The second kappa shape index (κ2) is 24.8. The van der Waals surface area contributed by atoms with Gasteiger partial charge in [-0.2, -0.15) is 10.2 Å². The number of nitrogens with zero attached hydrogens (tertiary/aromatic N) is 5. The van der Waals surface area contributed by atoms with E-state index in [2.05, 4.69) is 31.1 Å². The summed E-state index contributed by atoms with van der Waals surface area (Å²) in [5, 5.41) is 38.1. The number of carboxylic acid groups (broad SMARTS) is 3. The summed E-state index contributed by atoms with van der Waals surface area (Å²) in [6, 6.07) is 7.13. The van der Waals surface area contributed by atoms with Crippen LogP contribution >= 0.6 is 85.5 Å². The van der Waals surface area contributed by atoms with Crippen molar-refractivity contribution in [3.63, 3.8) is 0 Å². The molecule has 0 spiro atoms. The molecule has 5 aromatic rings. The summed E-state index contributed by atoms with van der Waals surface area (Å²) < 4.78 is 72.8. The van der Waals surface area contributed by atoms with E-state index in [1.165, 1.54) is 64.5 Å². The van der Waals surface area contributed by atoms with Crippen LogP contribution in [0.15, 0.2) is 92.0 Å². The minimum atomic E-state index is -3.58. The fourth-order valence-corrected chi connectivity index (χ4v) is 10.5. The van der Waals surface area contributed by atoms with Gasteiger partial charge in [0.2, 0.25) is 0 Å². The van der Waals surface area contributed by atoms with Crippen LogP contribution in [0.5, 0.6) is 0 Å². The number of benzene rings is 3. The summed E-state index contributed by atoms with van der Waals surface area (Å²) in [6.45, 7) is 0.725. The summed E-state index contributed by atoms with van der Waals surface area (Å²) in [5.41, 5.74) is 0.00156. The van der Waals surface area contributed by atoms with Gasteiger partial charge in [0.25, 0.3) is 0 Å². The Balaban J connectivity index is 0.000000461. The standard InChI is InChI=1S/2C12H10Cl2N2O4S.C9H8BrClO4S.C4H4ClN.Na/c2*1-21(19,20)10-3-2-8(12(17)18)11(14)9(10)6-16-5-7(13)4-15-16;1-16(14,15)7-3-2-5(9(12)13)8(11)6(7)4-10;5-4-1-2-6-3-4;/h2*2-5H,6H2,1H3,(H,17,18);2-3H,4H2,1H3,(H,12,13);1,3H,2H2;/q;;;;+1. The van der Waals surface area contributed by atoms with Crippen LogP contribution in [-0.4, -0.2) is 104 Å². The van der Waals surface area contributed by atoms with Crippen molar-refractivity contribution in [3.8, 4) is 0 Å². The van der Waals surface area contributed by atoms with E-state index in [-0.39, 0.29) is 113 Å². The molecular weight excluding hydrogens is 1120 g/mol. The van der Waals surface area contributed by atoms with Crippen molar-refractivity contribution in [2.75, 3.05) is 25.3 Å². The van der Waals surface area contributed by atoms with Crippen LogP contribution in [0.4, 0.5) is 0 Å². The van der Waals surface area contributed by atoms with Gasteiger partial charge in [0.15, 0.2) is 29.5 Å². The quantitative estimate of drug-likeness (QED) is 0.140. The Morgan fingerprint density at radius 3 is 1.28 bits per heavy atom. The zero-order valence-electron chi connectivity index (χ0n) is 34.8. The number of alkyl halides is 1. The van der Waals surface area contributed by atoms with Gasteiger partial charge in [-0.25, -0.2) is 34.8 Å². The zero-order chi connectivity index (χ0) is 48.5. The predicted molar refractivity (Wildman–Crippen MR) is 246 cm³/mol. The molecule has 0 saturated carbocycles. The van der Waals surface area contributed by atoms with Crippen molar-refractivity contribution in [1.82, 2.24) is 19.6 Å². The van der Waals surface area contributed by atoms with Gasteiger partial charge in [0.05, 0.1) is 94.0 Å². The molecule has 2 aromatic heterocycles. The Morgan fingerprint density at radius 2 is 1.02 bits per heavy atom. The van der Waals surface area contributed by atoms with E-state index in [0.29, 0.717) is 10.0 Å². The molecule has 0 bridgehead atoms. The molecule has 1 aliphatic rings. The first-order chi connectivity index (χ1) is 29.6. The molecule has 2 N–H and O–H groups in total. The van der Waals surface area contributed by atoms with Crippen LogP contribution in [0.2, 0.25) is 25.1 Å². The molecule has 0 unspecified atom stereocenters. The van der Waals surface area contributed by atoms with Crippen LogP contribution in [0, 0.1) is 0 Å². The number of hydrogen-bond donors (Lipinski definition) is 2. The molecule has 17 nitrogen and oxygen atoms in total. The average Bonchev–Trinajstić information content (AvgIpc) is 3.94. The van der Waals surface area contributed by atoms with E-state index in [9.17, 15) is 44.7 Å². The first kappa shape index (κ1) is 58.1. The first-order valence-corrected chi connectivity index (χ1v) is 26.1. The van der Waals surface area contributed by atoms with Gasteiger partial charge in [-0.05, 0) is 36.4 Å². The fraction of sp³-hybridized carbons (Fsp3) is 0.189. The maximum Gasteiger partial charge on any atom is 1.00 e. The molecular formula is C37H32BrCl6N5NaO12S3+. The third kappa shape index (κ3) is 16.6. The smallest absolute Gasteiger partial charge is 0.545 e. The Labute approximate surface area is 434 Å².